The molecule has 0 radical (unpaired) electrons. The molecule has 1 aliphatic rings. The van der Waals surface area contributed by atoms with Crippen LogP contribution >= 0.6 is 0 Å². The fourth-order valence-corrected chi connectivity index (χ4v) is 3.35. The number of amides is 1. The maximum absolute atomic E-state index is 12.3. The minimum atomic E-state index is -0.160. The highest BCUT2D eigenvalue weighted by Gasteiger charge is 2.25. The summed E-state index contributed by atoms with van der Waals surface area (Å²) in [6.07, 6.45) is 2.38. The van der Waals surface area contributed by atoms with Crippen molar-refractivity contribution >= 4 is 5.91 Å². The highest BCUT2D eigenvalue weighted by atomic mass is 16.5. The summed E-state index contributed by atoms with van der Waals surface area (Å²) in [5.74, 6) is 0.832. The number of hydrogen-bond donors (Lipinski definition) is 1. The molecule has 1 aromatic carbocycles. The van der Waals surface area contributed by atoms with Crippen molar-refractivity contribution in [1.82, 2.24) is 9.80 Å². The zero-order chi connectivity index (χ0) is 17.4. The third-order valence-electron chi connectivity index (χ3n) is 4.83. The Morgan fingerprint density at radius 1 is 1.33 bits per heavy atom. The number of ether oxygens (including phenoxy) is 1. The Labute approximate surface area is 145 Å². The van der Waals surface area contributed by atoms with E-state index in [4.69, 9.17) is 10.5 Å². The van der Waals surface area contributed by atoms with Crippen LogP contribution in [0.5, 0.6) is 0 Å². The molecule has 5 heteroatoms. The van der Waals surface area contributed by atoms with E-state index in [0.717, 1.165) is 39.0 Å². The molecule has 0 bridgehead atoms. The number of benzene rings is 1. The third-order valence-corrected chi connectivity index (χ3v) is 4.83. The summed E-state index contributed by atoms with van der Waals surface area (Å²) in [6.45, 7) is 4.16. The highest BCUT2D eigenvalue weighted by molar-refractivity contribution is 5.76. The summed E-state index contributed by atoms with van der Waals surface area (Å²) in [6, 6.07) is 10.6. The molecule has 1 fully saturated rings. The smallest absolute Gasteiger partial charge is 0.225 e. The second-order valence-electron chi connectivity index (χ2n) is 6.80. The van der Waals surface area contributed by atoms with E-state index in [0.29, 0.717) is 18.9 Å². The van der Waals surface area contributed by atoms with Gasteiger partial charge < -0.3 is 20.3 Å². The zero-order valence-electron chi connectivity index (χ0n) is 15.0. The monoisotopic (exact) mass is 333 g/mol. The van der Waals surface area contributed by atoms with Gasteiger partial charge in [0, 0.05) is 39.8 Å². The van der Waals surface area contributed by atoms with Crippen molar-refractivity contribution < 1.29 is 9.53 Å². The molecule has 0 aromatic heterocycles. The lowest BCUT2D eigenvalue weighted by Crippen LogP contribution is -2.42. The van der Waals surface area contributed by atoms with Crippen molar-refractivity contribution in [2.45, 2.75) is 31.9 Å². The number of methoxy groups -OCH3 is 1. The molecule has 0 aliphatic carbocycles. The molecule has 5 nitrogen and oxygen atoms in total. The fourth-order valence-electron chi connectivity index (χ4n) is 3.35. The zero-order valence-corrected chi connectivity index (χ0v) is 15.0. The number of rotatable bonds is 8. The lowest BCUT2D eigenvalue weighted by atomic mass is 9.95. The van der Waals surface area contributed by atoms with E-state index < -0.39 is 0 Å². The van der Waals surface area contributed by atoms with E-state index in [1.807, 2.05) is 4.90 Å². The standard InChI is InChI=1S/C19H31N3O2/c1-21(14-16-6-4-3-5-7-16)15-17-8-10-22(11-9-17)19(23)12-18(13-20)24-2/h3-7,17-18H,8-15,20H2,1-2H3. The van der Waals surface area contributed by atoms with Crippen LogP contribution in [-0.4, -0.2) is 62.1 Å². The summed E-state index contributed by atoms with van der Waals surface area (Å²) >= 11 is 0. The molecular formula is C19H31N3O2. The quantitative estimate of drug-likeness (QED) is 0.787. The summed E-state index contributed by atoms with van der Waals surface area (Å²) in [5.41, 5.74) is 6.95. The van der Waals surface area contributed by atoms with Crippen LogP contribution in [0.15, 0.2) is 30.3 Å². The number of nitrogens with two attached hydrogens (primary N) is 1. The van der Waals surface area contributed by atoms with Gasteiger partial charge in [-0.15, -0.1) is 0 Å². The lowest BCUT2D eigenvalue weighted by Gasteiger charge is -2.34. The number of likely N-dealkylation sites (tertiary alicyclic amines) is 1. The van der Waals surface area contributed by atoms with Gasteiger partial charge in [-0.1, -0.05) is 30.3 Å². The Hall–Kier alpha value is -1.43. The number of hydrogen-bond acceptors (Lipinski definition) is 4. The van der Waals surface area contributed by atoms with E-state index in [2.05, 4.69) is 42.3 Å². The first kappa shape index (κ1) is 18.9. The Morgan fingerprint density at radius 2 is 2.00 bits per heavy atom. The van der Waals surface area contributed by atoms with Crippen molar-refractivity contribution in [1.29, 1.82) is 0 Å². The van der Waals surface area contributed by atoms with Gasteiger partial charge in [0.05, 0.1) is 12.5 Å². The maximum Gasteiger partial charge on any atom is 0.225 e. The van der Waals surface area contributed by atoms with Crippen molar-refractivity contribution in [3.8, 4) is 0 Å². The number of piperidine rings is 1. The van der Waals surface area contributed by atoms with Crippen LogP contribution in [0.25, 0.3) is 0 Å². The van der Waals surface area contributed by atoms with E-state index in [1.54, 1.807) is 7.11 Å². The van der Waals surface area contributed by atoms with Crippen molar-refractivity contribution in [2.24, 2.45) is 11.7 Å². The SMILES string of the molecule is COC(CN)CC(=O)N1CCC(CN(C)Cc2ccccc2)CC1. The van der Waals surface area contributed by atoms with Gasteiger partial charge in [-0.2, -0.15) is 0 Å². The molecule has 0 spiro atoms. The molecule has 1 heterocycles. The predicted molar refractivity (Wildman–Crippen MR) is 96.5 cm³/mol. The third kappa shape index (κ3) is 5.89. The predicted octanol–water partition coefficient (Wildman–Crippen LogP) is 1.72. The first-order valence-electron chi connectivity index (χ1n) is 8.85. The summed E-state index contributed by atoms with van der Waals surface area (Å²) in [7, 11) is 3.79. The van der Waals surface area contributed by atoms with Crippen LogP contribution in [0.3, 0.4) is 0 Å². The van der Waals surface area contributed by atoms with Crippen LogP contribution in [0.2, 0.25) is 0 Å². The molecule has 0 saturated carbocycles. The van der Waals surface area contributed by atoms with Gasteiger partial charge in [-0.25, -0.2) is 0 Å². The Kier molecular flexibility index (Phi) is 7.69. The molecule has 1 aliphatic heterocycles. The van der Waals surface area contributed by atoms with Gasteiger partial charge in [-0.3, -0.25) is 4.79 Å². The molecule has 1 amide bonds. The summed E-state index contributed by atoms with van der Waals surface area (Å²) in [5, 5.41) is 0. The second kappa shape index (κ2) is 9.77. The van der Waals surface area contributed by atoms with Gasteiger partial charge >= 0.3 is 0 Å². The van der Waals surface area contributed by atoms with Crippen molar-refractivity contribution in [3.05, 3.63) is 35.9 Å². The average molecular weight is 333 g/mol. The molecule has 1 saturated heterocycles. The first-order valence-corrected chi connectivity index (χ1v) is 8.85. The molecule has 2 N–H and O–H groups in total. The van der Waals surface area contributed by atoms with Crippen LogP contribution in [-0.2, 0) is 16.1 Å². The molecule has 134 valence electrons. The summed E-state index contributed by atoms with van der Waals surface area (Å²) < 4.78 is 5.21. The van der Waals surface area contributed by atoms with E-state index in [-0.39, 0.29) is 12.0 Å². The van der Waals surface area contributed by atoms with Crippen LogP contribution in [0, 0.1) is 5.92 Å². The number of nitrogens with zero attached hydrogens (tertiary/aromatic N) is 2. The van der Waals surface area contributed by atoms with Crippen LogP contribution < -0.4 is 5.73 Å². The largest absolute Gasteiger partial charge is 0.380 e. The van der Waals surface area contributed by atoms with Gasteiger partial charge in [0.1, 0.15) is 0 Å². The van der Waals surface area contributed by atoms with E-state index in [1.165, 1.54) is 5.56 Å². The first-order chi connectivity index (χ1) is 11.6. The average Bonchev–Trinajstić information content (AvgIpc) is 2.60. The molecule has 1 aromatic rings. The van der Waals surface area contributed by atoms with Gasteiger partial charge in [0.15, 0.2) is 0 Å². The normalized spacial score (nSPS) is 17.2. The van der Waals surface area contributed by atoms with Crippen LogP contribution in [0.1, 0.15) is 24.8 Å². The van der Waals surface area contributed by atoms with E-state index >= 15 is 0 Å². The van der Waals surface area contributed by atoms with Gasteiger partial charge in [0.2, 0.25) is 5.91 Å². The van der Waals surface area contributed by atoms with Gasteiger partial charge in [0.25, 0.3) is 0 Å². The number of carbonyl (C=O) groups excluding carboxylic acids is 1. The maximum atomic E-state index is 12.3. The van der Waals surface area contributed by atoms with Crippen molar-refractivity contribution in [2.75, 3.05) is 40.3 Å². The molecule has 2 rings (SSSR count). The minimum Gasteiger partial charge on any atom is -0.380 e. The Bertz CT molecular complexity index is 483. The highest BCUT2D eigenvalue weighted by Crippen LogP contribution is 2.20. The Morgan fingerprint density at radius 3 is 2.58 bits per heavy atom. The molecular weight excluding hydrogens is 302 g/mol. The van der Waals surface area contributed by atoms with Gasteiger partial charge in [-0.05, 0) is 31.4 Å². The summed E-state index contributed by atoms with van der Waals surface area (Å²) in [4.78, 5) is 16.6. The Balaban J connectivity index is 1.71. The second-order valence-corrected chi connectivity index (χ2v) is 6.80. The molecule has 1 atom stereocenters. The lowest BCUT2D eigenvalue weighted by molar-refractivity contribution is -0.135. The minimum absolute atomic E-state index is 0.160. The fraction of sp³-hybridized carbons (Fsp3) is 0.632. The topological polar surface area (TPSA) is 58.8 Å². The number of carbonyl (C=O) groups is 1. The van der Waals surface area contributed by atoms with Crippen LogP contribution in [0.4, 0.5) is 0 Å². The van der Waals surface area contributed by atoms with Crippen molar-refractivity contribution in [3.63, 3.8) is 0 Å². The molecule has 1 unspecified atom stereocenters. The molecule has 24 heavy (non-hydrogen) atoms. The van der Waals surface area contributed by atoms with E-state index in [9.17, 15) is 4.79 Å².